The minimum atomic E-state index is 1.10. The fraction of sp³-hybridized carbons (Fsp3) is 0. The monoisotopic (exact) mass is 373 g/mol. The average Bonchev–Trinajstić information content (AvgIpc) is 3.04. The van der Waals surface area contributed by atoms with Crippen molar-refractivity contribution in [3.8, 4) is 0 Å². The minimum absolute atomic E-state index is 1.10. The molecule has 0 bridgehead atoms. The van der Waals surface area contributed by atoms with E-state index in [9.17, 15) is 0 Å². The van der Waals surface area contributed by atoms with Gasteiger partial charge in [0.15, 0.2) is 0 Å². The molecule has 0 spiro atoms. The zero-order valence-corrected chi connectivity index (χ0v) is 14.6. The first-order valence-electron chi connectivity index (χ1n) is 7.90. The van der Waals surface area contributed by atoms with E-state index in [0.717, 1.165) is 4.47 Å². The summed E-state index contributed by atoms with van der Waals surface area (Å²) in [5.74, 6) is 0. The summed E-state index contributed by atoms with van der Waals surface area (Å²) in [5.41, 5.74) is 4.75. The summed E-state index contributed by atoms with van der Waals surface area (Å²) in [7, 11) is 0. The molecule has 0 amide bonds. The van der Waals surface area contributed by atoms with Crippen LogP contribution in [-0.4, -0.2) is 4.57 Å². The number of rotatable bonds is 3. The molecule has 0 unspecified atom stereocenters. The van der Waals surface area contributed by atoms with Crippen LogP contribution in [0.3, 0.4) is 0 Å². The van der Waals surface area contributed by atoms with Crippen LogP contribution >= 0.6 is 15.9 Å². The highest BCUT2D eigenvalue weighted by Gasteiger charge is 2.08. The third kappa shape index (κ3) is 2.93. The third-order valence-corrected chi connectivity index (χ3v) is 4.58. The van der Waals surface area contributed by atoms with Crippen LogP contribution in [0, 0.1) is 0 Å². The Kier molecular flexibility index (Phi) is 4.06. The third-order valence-electron chi connectivity index (χ3n) is 4.08. The first kappa shape index (κ1) is 15.0. The van der Waals surface area contributed by atoms with E-state index < -0.39 is 0 Å². The number of fused-ring (bicyclic) bond motifs is 1. The van der Waals surface area contributed by atoms with Crippen molar-refractivity contribution >= 4 is 38.6 Å². The molecule has 3 aromatic carbocycles. The van der Waals surface area contributed by atoms with Crippen molar-refractivity contribution in [3.63, 3.8) is 0 Å². The molecule has 1 aromatic heterocycles. The molecular formula is C22H16BrN. The summed E-state index contributed by atoms with van der Waals surface area (Å²) in [6.45, 7) is 0. The first-order chi connectivity index (χ1) is 11.8. The van der Waals surface area contributed by atoms with E-state index in [1.165, 1.54) is 27.7 Å². The Bertz CT molecular complexity index is 998. The molecule has 0 fully saturated rings. The molecule has 1 heterocycles. The van der Waals surface area contributed by atoms with Crippen LogP contribution in [0.4, 0.5) is 0 Å². The van der Waals surface area contributed by atoms with Gasteiger partial charge in [-0.1, -0.05) is 76.6 Å². The standard InChI is InChI=1S/C22H16BrN/c23-20-11-12-21-19(16-20)13-14-24(21)22(18-9-5-2-6-10-18)15-17-7-3-1-4-8-17/h1-16H/b22-15-. The van der Waals surface area contributed by atoms with Crippen LogP contribution < -0.4 is 0 Å². The summed E-state index contributed by atoms with van der Waals surface area (Å²) >= 11 is 3.55. The van der Waals surface area contributed by atoms with E-state index in [-0.39, 0.29) is 0 Å². The number of halogens is 1. The highest BCUT2D eigenvalue weighted by molar-refractivity contribution is 9.10. The maximum absolute atomic E-state index is 3.55. The molecule has 0 aliphatic rings. The zero-order valence-electron chi connectivity index (χ0n) is 13.1. The maximum Gasteiger partial charge on any atom is 0.0534 e. The zero-order chi connectivity index (χ0) is 16.4. The van der Waals surface area contributed by atoms with Gasteiger partial charge in [0.2, 0.25) is 0 Å². The fourth-order valence-electron chi connectivity index (χ4n) is 2.93. The van der Waals surface area contributed by atoms with Crippen molar-refractivity contribution in [2.45, 2.75) is 0 Å². The van der Waals surface area contributed by atoms with Gasteiger partial charge in [0, 0.05) is 16.1 Å². The van der Waals surface area contributed by atoms with Crippen LogP contribution in [0.2, 0.25) is 0 Å². The lowest BCUT2D eigenvalue weighted by molar-refractivity contribution is 1.17. The molecule has 0 atom stereocenters. The predicted octanol–water partition coefficient (Wildman–Crippen LogP) is 6.45. The van der Waals surface area contributed by atoms with Crippen molar-refractivity contribution in [3.05, 3.63) is 107 Å². The fourth-order valence-corrected chi connectivity index (χ4v) is 3.31. The Morgan fingerprint density at radius 2 is 1.50 bits per heavy atom. The molecule has 2 heteroatoms. The van der Waals surface area contributed by atoms with Gasteiger partial charge in [-0.25, -0.2) is 0 Å². The minimum Gasteiger partial charge on any atom is -0.316 e. The molecule has 0 saturated carbocycles. The predicted molar refractivity (Wildman–Crippen MR) is 106 cm³/mol. The van der Waals surface area contributed by atoms with Crippen LogP contribution in [0.5, 0.6) is 0 Å². The molecule has 0 aliphatic heterocycles. The van der Waals surface area contributed by atoms with E-state index in [4.69, 9.17) is 0 Å². The Labute approximate surface area is 150 Å². The van der Waals surface area contributed by atoms with E-state index in [1.54, 1.807) is 0 Å². The van der Waals surface area contributed by atoms with Gasteiger partial charge in [0.1, 0.15) is 0 Å². The van der Waals surface area contributed by atoms with Gasteiger partial charge in [-0.15, -0.1) is 0 Å². The number of benzene rings is 3. The van der Waals surface area contributed by atoms with E-state index in [2.05, 4.69) is 112 Å². The second-order valence-electron chi connectivity index (χ2n) is 5.70. The summed E-state index contributed by atoms with van der Waals surface area (Å²) in [6, 6.07) is 29.5. The van der Waals surface area contributed by atoms with Crippen molar-refractivity contribution in [1.82, 2.24) is 4.57 Å². The lowest BCUT2D eigenvalue weighted by Gasteiger charge is -2.12. The Morgan fingerprint density at radius 1 is 0.792 bits per heavy atom. The number of aromatic nitrogens is 1. The van der Waals surface area contributed by atoms with Crippen LogP contribution in [0.1, 0.15) is 11.1 Å². The van der Waals surface area contributed by atoms with Crippen molar-refractivity contribution in [1.29, 1.82) is 0 Å². The lowest BCUT2D eigenvalue weighted by Crippen LogP contribution is -1.97. The van der Waals surface area contributed by atoms with Crippen LogP contribution in [-0.2, 0) is 0 Å². The summed E-state index contributed by atoms with van der Waals surface area (Å²) in [4.78, 5) is 0. The van der Waals surface area contributed by atoms with Gasteiger partial charge >= 0.3 is 0 Å². The SMILES string of the molecule is Brc1ccc2c(ccn2/C(=C\c2ccccc2)c2ccccc2)c1. The largest absolute Gasteiger partial charge is 0.316 e. The number of nitrogens with zero attached hydrogens (tertiary/aromatic N) is 1. The van der Waals surface area contributed by atoms with Crippen LogP contribution in [0.15, 0.2) is 95.6 Å². The Hall–Kier alpha value is -2.58. The van der Waals surface area contributed by atoms with E-state index >= 15 is 0 Å². The Morgan fingerprint density at radius 3 is 2.25 bits per heavy atom. The molecule has 0 radical (unpaired) electrons. The molecular weight excluding hydrogens is 358 g/mol. The molecule has 24 heavy (non-hydrogen) atoms. The van der Waals surface area contributed by atoms with Crippen molar-refractivity contribution < 1.29 is 0 Å². The molecule has 0 aliphatic carbocycles. The summed E-state index contributed by atoms with van der Waals surface area (Å²) in [5, 5.41) is 1.22. The molecule has 0 N–H and O–H groups in total. The highest BCUT2D eigenvalue weighted by atomic mass is 79.9. The highest BCUT2D eigenvalue weighted by Crippen LogP contribution is 2.28. The molecule has 4 aromatic rings. The van der Waals surface area contributed by atoms with Gasteiger partial charge in [-0.3, -0.25) is 0 Å². The quantitative estimate of drug-likeness (QED) is 0.363. The second-order valence-corrected chi connectivity index (χ2v) is 6.61. The second kappa shape index (κ2) is 6.50. The van der Waals surface area contributed by atoms with Gasteiger partial charge in [0.25, 0.3) is 0 Å². The van der Waals surface area contributed by atoms with E-state index in [1.807, 2.05) is 6.07 Å². The summed E-state index contributed by atoms with van der Waals surface area (Å²) < 4.78 is 3.35. The van der Waals surface area contributed by atoms with Crippen LogP contribution in [0.25, 0.3) is 22.7 Å². The molecule has 4 rings (SSSR count). The molecule has 116 valence electrons. The van der Waals surface area contributed by atoms with Crippen molar-refractivity contribution in [2.24, 2.45) is 0 Å². The molecule has 1 nitrogen and oxygen atoms in total. The number of hydrogen-bond donors (Lipinski definition) is 0. The van der Waals surface area contributed by atoms with Gasteiger partial charge in [0.05, 0.1) is 11.2 Å². The van der Waals surface area contributed by atoms with Crippen molar-refractivity contribution in [2.75, 3.05) is 0 Å². The van der Waals surface area contributed by atoms with Gasteiger partial charge in [-0.2, -0.15) is 0 Å². The smallest absolute Gasteiger partial charge is 0.0534 e. The topological polar surface area (TPSA) is 4.93 Å². The first-order valence-corrected chi connectivity index (χ1v) is 8.70. The average molecular weight is 374 g/mol. The van der Waals surface area contributed by atoms with E-state index in [0.29, 0.717) is 0 Å². The normalized spacial score (nSPS) is 11.8. The maximum atomic E-state index is 3.55. The van der Waals surface area contributed by atoms with Gasteiger partial charge < -0.3 is 4.57 Å². The summed E-state index contributed by atoms with van der Waals surface area (Å²) in [6.07, 6.45) is 4.37. The number of hydrogen-bond acceptors (Lipinski definition) is 0. The molecule has 0 saturated heterocycles. The van der Waals surface area contributed by atoms with Gasteiger partial charge in [-0.05, 0) is 41.5 Å². The Balaban J connectivity index is 1.94. The lowest BCUT2D eigenvalue weighted by atomic mass is 10.1.